The molecule has 0 spiro atoms. The van der Waals surface area contributed by atoms with E-state index in [4.69, 9.17) is 0 Å². The van der Waals surface area contributed by atoms with Crippen molar-refractivity contribution in [2.45, 2.75) is 82.3 Å². The van der Waals surface area contributed by atoms with Crippen molar-refractivity contribution in [3.63, 3.8) is 0 Å². The third kappa shape index (κ3) is 6.40. The normalized spacial score (nSPS) is 22.9. The molecule has 0 aromatic heterocycles. The molecule has 0 unspecified atom stereocenters. The van der Waals surface area contributed by atoms with E-state index < -0.39 is 17.9 Å². The fraction of sp³-hybridized carbons (Fsp3) is 0.556. The maximum Gasteiger partial charge on any atom is 0.573 e. The summed E-state index contributed by atoms with van der Waals surface area (Å²) in [5.74, 6) is 0.584. The highest BCUT2D eigenvalue weighted by Crippen LogP contribution is 2.44. The number of hydrogen-bond donors (Lipinski definition) is 0. The van der Waals surface area contributed by atoms with Crippen molar-refractivity contribution in [2.24, 2.45) is 11.8 Å². The monoisotopic (exact) mass is 477 g/mol. The third-order valence-electron chi connectivity index (χ3n) is 7.65. The van der Waals surface area contributed by atoms with E-state index in [1.54, 1.807) is 0 Å². The van der Waals surface area contributed by atoms with Gasteiger partial charge in [0.15, 0.2) is 11.6 Å². The van der Waals surface area contributed by atoms with Gasteiger partial charge in [-0.2, -0.15) is 0 Å². The van der Waals surface area contributed by atoms with Gasteiger partial charge in [0.2, 0.25) is 0 Å². The Morgan fingerprint density at radius 1 is 0.848 bits per heavy atom. The minimum absolute atomic E-state index is 0.0427. The summed E-state index contributed by atoms with van der Waals surface area (Å²) in [7, 11) is -0.0427. The molecular formula is C27H33F4OSi. The molecule has 1 saturated carbocycles. The van der Waals surface area contributed by atoms with Crippen LogP contribution in [0.3, 0.4) is 0 Å². The van der Waals surface area contributed by atoms with Gasteiger partial charge in [0, 0.05) is 8.80 Å². The van der Waals surface area contributed by atoms with Crippen molar-refractivity contribution in [2.75, 3.05) is 0 Å². The summed E-state index contributed by atoms with van der Waals surface area (Å²) in [5, 5.41) is 0. The minimum atomic E-state index is -4.90. The van der Waals surface area contributed by atoms with Crippen LogP contribution in [0.2, 0.25) is 18.1 Å². The standard InChI is InChI=1S/C27H33F4OSi/c1-2-15-33-16-13-23(14-17-33)21-5-3-19(4-6-21)20-7-9-22(10-8-20)24-11-12-26(25(28)18-24)32-27(29,30)31/h7-12,18-19,21,23H,2-6,13-17H2,1H3. The van der Waals surface area contributed by atoms with Crippen molar-refractivity contribution >= 4 is 8.80 Å². The molecule has 0 N–H and O–H groups in total. The molecule has 4 rings (SSSR count). The highest BCUT2D eigenvalue weighted by atomic mass is 28.3. The molecule has 1 saturated heterocycles. The topological polar surface area (TPSA) is 9.23 Å². The Morgan fingerprint density at radius 2 is 1.45 bits per heavy atom. The summed E-state index contributed by atoms with van der Waals surface area (Å²) in [6.07, 6.45) is 4.46. The fourth-order valence-electron chi connectivity index (χ4n) is 5.88. The van der Waals surface area contributed by atoms with Crippen LogP contribution in [0, 0.1) is 17.7 Å². The van der Waals surface area contributed by atoms with Crippen molar-refractivity contribution in [1.82, 2.24) is 0 Å². The molecule has 2 fully saturated rings. The Morgan fingerprint density at radius 3 is 2.03 bits per heavy atom. The first kappa shape index (κ1) is 24.3. The molecule has 2 aliphatic rings. The van der Waals surface area contributed by atoms with Crippen LogP contribution in [-0.2, 0) is 0 Å². The third-order valence-corrected chi connectivity index (χ3v) is 10.9. The summed E-state index contributed by atoms with van der Waals surface area (Å²) < 4.78 is 54.8. The van der Waals surface area contributed by atoms with E-state index in [9.17, 15) is 17.6 Å². The summed E-state index contributed by atoms with van der Waals surface area (Å²) >= 11 is 0. The summed E-state index contributed by atoms with van der Waals surface area (Å²) in [6.45, 7) is 2.32. The molecule has 6 heteroatoms. The Balaban J connectivity index is 1.32. The smallest absolute Gasteiger partial charge is 0.403 e. The lowest BCUT2D eigenvalue weighted by atomic mass is 9.72. The lowest BCUT2D eigenvalue weighted by Crippen LogP contribution is -2.28. The number of ether oxygens (including phenoxy) is 1. The molecule has 179 valence electrons. The maximum atomic E-state index is 14.1. The highest BCUT2D eigenvalue weighted by Gasteiger charge is 2.33. The second kappa shape index (κ2) is 10.6. The van der Waals surface area contributed by atoms with Crippen molar-refractivity contribution in [1.29, 1.82) is 0 Å². The van der Waals surface area contributed by atoms with Crippen molar-refractivity contribution in [3.8, 4) is 16.9 Å². The number of halogens is 4. The van der Waals surface area contributed by atoms with Gasteiger partial charge in [-0.25, -0.2) is 4.39 Å². The quantitative estimate of drug-likeness (QED) is 0.298. The van der Waals surface area contributed by atoms with Gasteiger partial charge in [0.1, 0.15) is 0 Å². The number of alkyl halides is 3. The molecule has 0 atom stereocenters. The number of hydrogen-bond acceptors (Lipinski definition) is 1. The number of benzene rings is 2. The lowest BCUT2D eigenvalue weighted by Gasteiger charge is -2.37. The zero-order chi connectivity index (χ0) is 23.4. The van der Waals surface area contributed by atoms with Crippen LogP contribution in [0.1, 0.15) is 63.4 Å². The SMILES string of the molecule is CCC[Si]1CCC(C2CCC(c3ccc(-c4ccc(OC(F)(F)F)c(F)c4)cc3)CC2)CC1. The van der Waals surface area contributed by atoms with Crippen LogP contribution in [-0.4, -0.2) is 15.2 Å². The minimum Gasteiger partial charge on any atom is -0.403 e. The van der Waals surface area contributed by atoms with Crippen LogP contribution in [0.25, 0.3) is 11.1 Å². The first-order chi connectivity index (χ1) is 15.8. The Labute approximate surface area is 196 Å². The van der Waals surface area contributed by atoms with E-state index >= 15 is 0 Å². The van der Waals surface area contributed by atoms with E-state index in [0.29, 0.717) is 11.5 Å². The number of rotatable bonds is 6. The van der Waals surface area contributed by atoms with E-state index in [2.05, 4.69) is 23.8 Å². The summed E-state index contributed by atoms with van der Waals surface area (Å²) in [5.41, 5.74) is 2.64. The van der Waals surface area contributed by atoms with Gasteiger partial charge >= 0.3 is 6.36 Å². The first-order valence-corrected chi connectivity index (χ1v) is 14.4. The zero-order valence-electron chi connectivity index (χ0n) is 19.3. The van der Waals surface area contributed by atoms with Crippen molar-refractivity contribution in [3.05, 3.63) is 53.8 Å². The first-order valence-electron chi connectivity index (χ1n) is 12.3. The molecular weight excluding hydrogens is 444 g/mol. The van der Waals surface area contributed by atoms with E-state index in [-0.39, 0.29) is 8.80 Å². The molecule has 1 aliphatic carbocycles. The molecule has 1 radical (unpaired) electrons. The molecule has 33 heavy (non-hydrogen) atoms. The van der Waals surface area contributed by atoms with Crippen LogP contribution in [0.4, 0.5) is 17.6 Å². The summed E-state index contributed by atoms with van der Waals surface area (Å²) in [6, 6.07) is 16.2. The van der Waals surface area contributed by atoms with Gasteiger partial charge in [0.25, 0.3) is 0 Å². The summed E-state index contributed by atoms with van der Waals surface area (Å²) in [4.78, 5) is 0. The van der Waals surface area contributed by atoms with Crippen LogP contribution < -0.4 is 4.74 Å². The van der Waals surface area contributed by atoms with Gasteiger partial charge in [-0.15, -0.1) is 13.2 Å². The largest absolute Gasteiger partial charge is 0.573 e. The highest BCUT2D eigenvalue weighted by molar-refractivity contribution is 6.58. The molecule has 0 bridgehead atoms. The van der Waals surface area contributed by atoms with Gasteiger partial charge < -0.3 is 4.74 Å². The molecule has 0 amide bonds. The van der Waals surface area contributed by atoms with E-state index in [1.165, 1.54) is 74.7 Å². The molecule has 2 aromatic carbocycles. The van der Waals surface area contributed by atoms with Crippen LogP contribution in [0.5, 0.6) is 5.75 Å². The molecule has 1 aliphatic heterocycles. The average Bonchev–Trinajstić information content (AvgIpc) is 2.81. The zero-order valence-corrected chi connectivity index (χ0v) is 20.3. The second-order valence-electron chi connectivity index (χ2n) is 9.76. The van der Waals surface area contributed by atoms with Crippen LogP contribution >= 0.6 is 0 Å². The molecule has 1 heterocycles. The lowest BCUT2D eigenvalue weighted by molar-refractivity contribution is -0.275. The predicted molar refractivity (Wildman–Crippen MR) is 126 cm³/mol. The van der Waals surface area contributed by atoms with Gasteiger partial charge in [0.05, 0.1) is 0 Å². The Kier molecular flexibility index (Phi) is 7.82. The van der Waals surface area contributed by atoms with Gasteiger partial charge in [-0.3, -0.25) is 0 Å². The predicted octanol–water partition coefficient (Wildman–Crippen LogP) is 8.98. The molecule has 1 nitrogen and oxygen atoms in total. The van der Waals surface area contributed by atoms with Gasteiger partial charge in [-0.1, -0.05) is 74.7 Å². The van der Waals surface area contributed by atoms with Gasteiger partial charge in [-0.05, 0) is 72.3 Å². The second-order valence-corrected chi connectivity index (χ2v) is 12.8. The van der Waals surface area contributed by atoms with E-state index in [1.807, 2.05) is 12.1 Å². The Bertz CT molecular complexity index is 895. The van der Waals surface area contributed by atoms with Crippen molar-refractivity contribution < 1.29 is 22.3 Å². The average molecular weight is 478 g/mol. The van der Waals surface area contributed by atoms with E-state index in [0.717, 1.165) is 29.5 Å². The Hall–Kier alpha value is -1.82. The van der Waals surface area contributed by atoms with Crippen LogP contribution in [0.15, 0.2) is 42.5 Å². The maximum absolute atomic E-state index is 14.1. The molecule has 2 aromatic rings. The fourth-order valence-corrected chi connectivity index (χ4v) is 8.90.